The Morgan fingerprint density at radius 3 is 2.03 bits per heavy atom. The molecule has 1 aliphatic heterocycles. The molecule has 1 saturated heterocycles. The number of para-hydroxylation sites is 1. The molecular formula is C30H32N4O2. The third-order valence-electron chi connectivity index (χ3n) is 8.01. The maximum Gasteiger partial charge on any atom is 0.196 e. The maximum atomic E-state index is 13.7. The van der Waals surface area contributed by atoms with Crippen LogP contribution in [-0.4, -0.2) is 48.7 Å². The van der Waals surface area contributed by atoms with Crippen LogP contribution < -0.4 is 16.0 Å². The number of nitrogens with one attached hydrogen (secondary N) is 1. The van der Waals surface area contributed by atoms with E-state index in [0.717, 1.165) is 37.6 Å². The number of piperazine rings is 1. The number of nitrogen functional groups attached to an aromatic ring is 1. The Morgan fingerprint density at radius 1 is 0.750 bits per heavy atom. The highest BCUT2D eigenvalue weighted by atomic mass is 16.1. The molecule has 3 aromatic rings. The maximum absolute atomic E-state index is 13.7. The fourth-order valence-electron chi connectivity index (χ4n) is 6.12. The second kappa shape index (κ2) is 9.43. The fourth-order valence-corrected chi connectivity index (χ4v) is 6.12. The Balaban J connectivity index is 1.39. The molecule has 2 fully saturated rings. The van der Waals surface area contributed by atoms with E-state index in [4.69, 9.17) is 5.73 Å². The lowest BCUT2D eigenvalue weighted by Gasteiger charge is -2.42. The Morgan fingerprint density at radius 2 is 1.36 bits per heavy atom. The number of ketones is 2. The highest BCUT2D eigenvalue weighted by molar-refractivity contribution is 6.32. The number of anilines is 4. The predicted molar refractivity (Wildman–Crippen MR) is 145 cm³/mol. The first-order valence-electron chi connectivity index (χ1n) is 13.1. The zero-order valence-electron chi connectivity index (χ0n) is 20.5. The van der Waals surface area contributed by atoms with Gasteiger partial charge in [0.15, 0.2) is 11.6 Å². The minimum absolute atomic E-state index is 0.168. The summed E-state index contributed by atoms with van der Waals surface area (Å²) in [6.45, 7) is 3.67. The van der Waals surface area contributed by atoms with E-state index in [9.17, 15) is 9.59 Å². The summed E-state index contributed by atoms with van der Waals surface area (Å²) in [5, 5.41) is 3.42. The van der Waals surface area contributed by atoms with Crippen LogP contribution in [0.15, 0.2) is 60.7 Å². The van der Waals surface area contributed by atoms with Gasteiger partial charge in [-0.2, -0.15) is 0 Å². The van der Waals surface area contributed by atoms with E-state index in [1.165, 1.54) is 32.1 Å². The lowest BCUT2D eigenvalue weighted by atomic mass is 9.81. The van der Waals surface area contributed by atoms with Crippen molar-refractivity contribution in [2.45, 2.75) is 38.1 Å². The van der Waals surface area contributed by atoms with Crippen LogP contribution in [0.2, 0.25) is 0 Å². The predicted octanol–water partition coefficient (Wildman–Crippen LogP) is 5.24. The quantitative estimate of drug-likeness (QED) is 0.389. The lowest BCUT2D eigenvalue weighted by molar-refractivity contribution is 0.0980. The Bertz CT molecular complexity index is 1310. The molecule has 2 aliphatic carbocycles. The Labute approximate surface area is 212 Å². The zero-order chi connectivity index (χ0) is 24.6. The largest absolute Gasteiger partial charge is 0.396 e. The number of fused-ring (bicyclic) bond motifs is 2. The van der Waals surface area contributed by atoms with E-state index in [-0.39, 0.29) is 11.6 Å². The lowest BCUT2D eigenvalue weighted by Crippen LogP contribution is -2.51. The van der Waals surface area contributed by atoms with Crippen molar-refractivity contribution in [3.63, 3.8) is 0 Å². The Kier molecular flexibility index (Phi) is 5.97. The van der Waals surface area contributed by atoms with Crippen LogP contribution in [0.1, 0.15) is 63.9 Å². The molecule has 0 atom stereocenters. The third kappa shape index (κ3) is 3.95. The molecule has 0 amide bonds. The summed E-state index contributed by atoms with van der Waals surface area (Å²) in [7, 11) is 0. The summed E-state index contributed by atoms with van der Waals surface area (Å²) in [6, 6.07) is 19.4. The zero-order valence-corrected chi connectivity index (χ0v) is 20.5. The van der Waals surface area contributed by atoms with Crippen LogP contribution in [0.25, 0.3) is 0 Å². The van der Waals surface area contributed by atoms with Crippen molar-refractivity contribution in [2.75, 3.05) is 42.1 Å². The van der Waals surface area contributed by atoms with Gasteiger partial charge in [-0.15, -0.1) is 0 Å². The molecule has 0 aromatic heterocycles. The molecule has 3 aliphatic rings. The number of rotatable bonds is 4. The molecule has 6 heteroatoms. The molecular weight excluding hydrogens is 448 g/mol. The molecule has 3 aromatic carbocycles. The van der Waals surface area contributed by atoms with Gasteiger partial charge >= 0.3 is 0 Å². The number of nitrogens with zero attached hydrogens (tertiary/aromatic N) is 2. The van der Waals surface area contributed by atoms with Gasteiger partial charge in [0, 0.05) is 49.0 Å². The van der Waals surface area contributed by atoms with Crippen molar-refractivity contribution in [3.8, 4) is 0 Å². The molecule has 0 radical (unpaired) electrons. The summed E-state index contributed by atoms with van der Waals surface area (Å²) < 4.78 is 0. The van der Waals surface area contributed by atoms with Crippen LogP contribution >= 0.6 is 0 Å². The third-order valence-corrected chi connectivity index (χ3v) is 8.01. The molecule has 6 rings (SSSR count). The second-order valence-electron chi connectivity index (χ2n) is 10.1. The Hall–Kier alpha value is -3.64. The number of hydrogen-bond donors (Lipinski definition) is 2. The normalized spacial score (nSPS) is 18.6. The minimum Gasteiger partial charge on any atom is -0.396 e. The van der Waals surface area contributed by atoms with Crippen molar-refractivity contribution < 1.29 is 9.59 Å². The second-order valence-corrected chi connectivity index (χ2v) is 10.1. The highest BCUT2D eigenvalue weighted by Crippen LogP contribution is 2.42. The van der Waals surface area contributed by atoms with Crippen LogP contribution in [0.3, 0.4) is 0 Å². The van der Waals surface area contributed by atoms with Gasteiger partial charge in [-0.25, -0.2) is 0 Å². The molecule has 36 heavy (non-hydrogen) atoms. The van der Waals surface area contributed by atoms with E-state index in [0.29, 0.717) is 39.7 Å². The standard InChI is InChI=1S/C30H32N4O2/c31-28-25(34-17-15-33(16-18-34)21-11-5-2-6-12-21)19-24(32-20-9-3-1-4-10-20)26-27(28)30(36)23-14-8-7-13-22(23)29(26)35/h1,3-4,7-10,13-14,19,21,32H,2,5-6,11-12,15-18,31H2. The van der Waals surface area contributed by atoms with Gasteiger partial charge < -0.3 is 16.0 Å². The van der Waals surface area contributed by atoms with E-state index in [1.807, 2.05) is 36.4 Å². The van der Waals surface area contributed by atoms with E-state index < -0.39 is 0 Å². The fraction of sp³-hybridized carbons (Fsp3) is 0.333. The topological polar surface area (TPSA) is 78.7 Å². The number of carbonyl (C=O) groups is 2. The average Bonchev–Trinajstić information content (AvgIpc) is 2.93. The molecule has 3 N–H and O–H groups in total. The van der Waals surface area contributed by atoms with Gasteiger partial charge in [0.1, 0.15) is 0 Å². The van der Waals surface area contributed by atoms with Crippen molar-refractivity contribution in [1.82, 2.24) is 4.90 Å². The van der Waals surface area contributed by atoms with Gasteiger partial charge in [-0.3, -0.25) is 14.5 Å². The summed E-state index contributed by atoms with van der Waals surface area (Å²) in [5.74, 6) is -0.351. The monoisotopic (exact) mass is 480 g/mol. The van der Waals surface area contributed by atoms with Crippen molar-refractivity contribution in [1.29, 1.82) is 0 Å². The van der Waals surface area contributed by atoms with E-state index >= 15 is 0 Å². The molecule has 6 nitrogen and oxygen atoms in total. The van der Waals surface area contributed by atoms with Gasteiger partial charge in [0.25, 0.3) is 0 Å². The van der Waals surface area contributed by atoms with Gasteiger partial charge in [0.05, 0.1) is 28.2 Å². The number of carbonyl (C=O) groups excluding carboxylic acids is 2. The minimum atomic E-state index is -0.184. The van der Waals surface area contributed by atoms with E-state index in [2.05, 4.69) is 15.1 Å². The first kappa shape index (κ1) is 22.8. The van der Waals surface area contributed by atoms with Crippen LogP contribution in [-0.2, 0) is 0 Å². The summed E-state index contributed by atoms with van der Waals surface area (Å²) >= 11 is 0. The van der Waals surface area contributed by atoms with Crippen molar-refractivity contribution >= 4 is 34.3 Å². The average molecular weight is 481 g/mol. The van der Waals surface area contributed by atoms with Gasteiger partial charge in [0.2, 0.25) is 0 Å². The SMILES string of the molecule is Nc1c(N2CCN(C3CCCCC3)CC2)cc(Nc2ccccc2)c2c1C(=O)c1ccccc1C2=O. The number of hydrogen-bond acceptors (Lipinski definition) is 6. The van der Waals surface area contributed by atoms with Gasteiger partial charge in [-0.05, 0) is 31.0 Å². The van der Waals surface area contributed by atoms with Gasteiger partial charge in [-0.1, -0.05) is 61.7 Å². The summed E-state index contributed by atoms with van der Waals surface area (Å²) in [6.07, 6.45) is 6.60. The van der Waals surface area contributed by atoms with E-state index in [1.54, 1.807) is 24.3 Å². The number of nitrogens with two attached hydrogens (primary N) is 1. The number of benzene rings is 3. The van der Waals surface area contributed by atoms with Crippen LogP contribution in [0.5, 0.6) is 0 Å². The van der Waals surface area contributed by atoms with Crippen LogP contribution in [0, 0.1) is 0 Å². The molecule has 1 heterocycles. The molecule has 0 unspecified atom stereocenters. The van der Waals surface area contributed by atoms with Crippen molar-refractivity contribution in [3.05, 3.63) is 82.9 Å². The molecule has 0 spiro atoms. The molecule has 0 bridgehead atoms. The summed E-state index contributed by atoms with van der Waals surface area (Å²) in [5.41, 5.74) is 11.0. The molecule has 1 saturated carbocycles. The highest BCUT2D eigenvalue weighted by Gasteiger charge is 2.36. The first-order chi connectivity index (χ1) is 17.6. The van der Waals surface area contributed by atoms with Crippen molar-refractivity contribution in [2.24, 2.45) is 0 Å². The summed E-state index contributed by atoms with van der Waals surface area (Å²) in [4.78, 5) is 32.2. The van der Waals surface area contributed by atoms with Crippen LogP contribution in [0.4, 0.5) is 22.7 Å². The smallest absolute Gasteiger partial charge is 0.196 e. The first-order valence-corrected chi connectivity index (χ1v) is 13.1. The molecule has 184 valence electrons.